The lowest BCUT2D eigenvalue weighted by molar-refractivity contribution is -0.274. The minimum atomic E-state index is -4.83. The minimum absolute atomic E-state index is 0.344. The Hall–Kier alpha value is -1.90. The van der Waals surface area contributed by atoms with Crippen LogP contribution in [0.3, 0.4) is 0 Å². The molecule has 1 aliphatic carbocycles. The second-order valence-corrected chi connectivity index (χ2v) is 6.02. The molecule has 0 radical (unpaired) electrons. The second-order valence-electron chi connectivity index (χ2n) is 6.02. The van der Waals surface area contributed by atoms with Crippen LogP contribution < -0.4 is 10.1 Å². The van der Waals surface area contributed by atoms with Gasteiger partial charge in [0.25, 0.3) is 5.92 Å². The predicted octanol–water partition coefficient (Wildman–Crippen LogP) is 3.31. The number of carbonyl (C=O) groups excluding carboxylic acids is 1. The molecule has 0 heterocycles. The van der Waals surface area contributed by atoms with Gasteiger partial charge in [-0.2, -0.15) is 0 Å². The van der Waals surface area contributed by atoms with Gasteiger partial charge in [0.2, 0.25) is 5.91 Å². The molecular formula is C15H16F5NO3. The molecule has 9 heteroatoms. The molecule has 4 nitrogen and oxygen atoms in total. The molecule has 2 rings (SSSR count). The number of ether oxygens (including phenoxy) is 1. The smallest absolute Gasteiger partial charge is 0.406 e. The fraction of sp³-hybridized carbons (Fsp3) is 0.533. The number of hydrogen-bond acceptors (Lipinski definition) is 3. The van der Waals surface area contributed by atoms with E-state index in [4.69, 9.17) is 0 Å². The van der Waals surface area contributed by atoms with Gasteiger partial charge in [-0.3, -0.25) is 4.79 Å². The van der Waals surface area contributed by atoms with Crippen molar-refractivity contribution in [3.05, 3.63) is 29.8 Å². The number of amides is 1. The van der Waals surface area contributed by atoms with Crippen LogP contribution in [-0.4, -0.2) is 28.9 Å². The summed E-state index contributed by atoms with van der Waals surface area (Å²) in [6.45, 7) is 1.52. The molecule has 2 N–H and O–H groups in total. The van der Waals surface area contributed by atoms with E-state index < -0.39 is 54.8 Å². The zero-order valence-electron chi connectivity index (χ0n) is 12.7. The quantitative estimate of drug-likeness (QED) is 0.799. The first-order chi connectivity index (χ1) is 10.9. The van der Waals surface area contributed by atoms with Crippen molar-refractivity contribution in [2.45, 2.75) is 50.1 Å². The Kier molecular flexibility index (Phi) is 4.76. The van der Waals surface area contributed by atoms with Gasteiger partial charge in [0, 0.05) is 12.8 Å². The Bertz CT molecular complexity index is 609. The van der Waals surface area contributed by atoms with Crippen molar-refractivity contribution in [1.29, 1.82) is 0 Å². The maximum absolute atomic E-state index is 12.8. The molecule has 0 aromatic heterocycles. The van der Waals surface area contributed by atoms with Gasteiger partial charge in [0.05, 0.1) is 18.1 Å². The topological polar surface area (TPSA) is 58.6 Å². The molecule has 0 spiro atoms. The van der Waals surface area contributed by atoms with Crippen molar-refractivity contribution >= 4 is 5.91 Å². The average Bonchev–Trinajstić information content (AvgIpc) is 2.33. The van der Waals surface area contributed by atoms with Crippen molar-refractivity contribution in [1.82, 2.24) is 5.32 Å². The van der Waals surface area contributed by atoms with Gasteiger partial charge in [-0.15, -0.1) is 13.2 Å². The highest BCUT2D eigenvalue weighted by Crippen LogP contribution is 2.47. The number of aliphatic hydroxyl groups is 1. The number of benzene rings is 1. The SMILES string of the molecule is C[C@H](NC(=O)CC1(O)CC(F)(F)C1)c1cccc(OC(F)(F)F)c1. The summed E-state index contributed by atoms with van der Waals surface area (Å²) in [7, 11) is 0. The molecule has 1 atom stereocenters. The van der Waals surface area contributed by atoms with Crippen molar-refractivity contribution in [2.75, 3.05) is 0 Å². The first-order valence-electron chi connectivity index (χ1n) is 7.13. The Labute approximate surface area is 134 Å². The summed E-state index contributed by atoms with van der Waals surface area (Å²) in [5.74, 6) is -4.06. The van der Waals surface area contributed by atoms with Crippen LogP contribution in [0.1, 0.15) is 37.8 Å². The molecule has 24 heavy (non-hydrogen) atoms. The van der Waals surface area contributed by atoms with Crippen molar-refractivity contribution in [2.24, 2.45) is 0 Å². The van der Waals surface area contributed by atoms with Gasteiger partial charge in [0.15, 0.2) is 0 Å². The fourth-order valence-electron chi connectivity index (χ4n) is 2.69. The van der Waals surface area contributed by atoms with Crippen molar-refractivity contribution in [3.8, 4) is 5.75 Å². The summed E-state index contributed by atoms with van der Waals surface area (Å²) < 4.78 is 66.0. The Morgan fingerprint density at radius 1 is 1.38 bits per heavy atom. The molecule has 1 aromatic carbocycles. The van der Waals surface area contributed by atoms with E-state index >= 15 is 0 Å². The third kappa shape index (κ3) is 5.05. The third-order valence-corrected chi connectivity index (χ3v) is 3.63. The number of hydrogen-bond donors (Lipinski definition) is 2. The Morgan fingerprint density at radius 3 is 2.54 bits per heavy atom. The average molecular weight is 353 g/mol. The van der Waals surface area contributed by atoms with Gasteiger partial charge >= 0.3 is 6.36 Å². The molecule has 0 unspecified atom stereocenters. The monoisotopic (exact) mass is 353 g/mol. The van der Waals surface area contributed by atoms with E-state index in [2.05, 4.69) is 10.1 Å². The van der Waals surface area contributed by atoms with Crippen LogP contribution in [0.15, 0.2) is 24.3 Å². The zero-order valence-corrected chi connectivity index (χ0v) is 12.7. The lowest BCUT2D eigenvalue weighted by atomic mass is 9.74. The number of halogens is 5. The summed E-state index contributed by atoms with van der Waals surface area (Å²) in [5, 5.41) is 12.2. The molecule has 0 saturated heterocycles. The van der Waals surface area contributed by atoms with Gasteiger partial charge in [-0.25, -0.2) is 8.78 Å². The number of nitrogens with one attached hydrogen (secondary N) is 1. The number of rotatable bonds is 5. The van der Waals surface area contributed by atoms with Crippen LogP contribution in [0.5, 0.6) is 5.75 Å². The highest BCUT2D eigenvalue weighted by Gasteiger charge is 2.56. The molecule has 1 aromatic rings. The van der Waals surface area contributed by atoms with E-state index in [0.29, 0.717) is 5.56 Å². The Morgan fingerprint density at radius 2 is 2.00 bits per heavy atom. The molecule has 1 saturated carbocycles. The van der Waals surface area contributed by atoms with E-state index in [1.54, 1.807) is 0 Å². The maximum Gasteiger partial charge on any atom is 0.573 e. The molecule has 1 amide bonds. The molecular weight excluding hydrogens is 337 g/mol. The van der Waals surface area contributed by atoms with Crippen LogP contribution in [0.2, 0.25) is 0 Å². The van der Waals surface area contributed by atoms with Crippen LogP contribution in [0.25, 0.3) is 0 Å². The largest absolute Gasteiger partial charge is 0.573 e. The van der Waals surface area contributed by atoms with Crippen LogP contribution in [0.4, 0.5) is 22.0 Å². The van der Waals surface area contributed by atoms with E-state index in [9.17, 15) is 31.9 Å². The zero-order chi connectivity index (χ0) is 18.2. The van der Waals surface area contributed by atoms with Gasteiger partial charge < -0.3 is 15.2 Å². The number of alkyl halides is 5. The van der Waals surface area contributed by atoms with E-state index in [1.807, 2.05) is 0 Å². The van der Waals surface area contributed by atoms with Crippen LogP contribution in [0, 0.1) is 0 Å². The third-order valence-electron chi connectivity index (χ3n) is 3.63. The van der Waals surface area contributed by atoms with Crippen LogP contribution in [-0.2, 0) is 4.79 Å². The second kappa shape index (κ2) is 6.19. The normalized spacial score (nSPS) is 20.0. The number of carbonyl (C=O) groups is 1. The van der Waals surface area contributed by atoms with Crippen LogP contribution >= 0.6 is 0 Å². The first kappa shape index (κ1) is 18.4. The van der Waals surface area contributed by atoms with Crippen molar-refractivity contribution in [3.63, 3.8) is 0 Å². The van der Waals surface area contributed by atoms with Crippen molar-refractivity contribution < 1.29 is 36.6 Å². The summed E-state index contributed by atoms with van der Waals surface area (Å²) >= 11 is 0. The van der Waals surface area contributed by atoms with E-state index in [0.717, 1.165) is 12.1 Å². The van der Waals surface area contributed by atoms with Gasteiger partial charge in [-0.05, 0) is 24.6 Å². The highest BCUT2D eigenvalue weighted by molar-refractivity contribution is 5.77. The van der Waals surface area contributed by atoms with E-state index in [1.165, 1.54) is 19.1 Å². The predicted molar refractivity (Wildman–Crippen MR) is 73.4 cm³/mol. The molecule has 134 valence electrons. The Balaban J connectivity index is 1.93. The summed E-state index contributed by atoms with van der Waals surface area (Å²) in [5.41, 5.74) is -1.40. The fourth-order valence-corrected chi connectivity index (χ4v) is 2.69. The van der Waals surface area contributed by atoms with Gasteiger partial charge in [0.1, 0.15) is 5.75 Å². The molecule has 0 bridgehead atoms. The summed E-state index contributed by atoms with van der Waals surface area (Å²) in [6.07, 6.45) is -6.89. The van der Waals surface area contributed by atoms with E-state index in [-0.39, 0.29) is 0 Å². The molecule has 1 aliphatic rings. The maximum atomic E-state index is 12.8. The lowest BCUT2D eigenvalue weighted by Crippen LogP contribution is -2.54. The minimum Gasteiger partial charge on any atom is -0.406 e. The summed E-state index contributed by atoms with van der Waals surface area (Å²) in [4.78, 5) is 11.8. The first-order valence-corrected chi connectivity index (χ1v) is 7.13. The molecule has 0 aliphatic heterocycles. The lowest BCUT2D eigenvalue weighted by Gasteiger charge is -2.42. The highest BCUT2D eigenvalue weighted by atomic mass is 19.4. The standard InChI is InChI=1S/C15H16F5NO3/c1-9(10-3-2-4-11(5-10)24-15(18,19)20)21-12(22)6-13(23)7-14(16,17)8-13/h2-5,9,23H,6-8H2,1H3,(H,21,22)/t9-/m0/s1. The van der Waals surface area contributed by atoms with Gasteiger partial charge in [-0.1, -0.05) is 12.1 Å². The summed E-state index contributed by atoms with van der Waals surface area (Å²) in [6, 6.07) is 4.37. The molecule has 1 fully saturated rings.